The molecule has 20 heavy (non-hydrogen) atoms. The molecular formula is C15H17NO3S. The number of benzene rings is 1. The van der Waals surface area contributed by atoms with Gasteiger partial charge in [0.15, 0.2) is 0 Å². The highest BCUT2D eigenvalue weighted by Gasteiger charge is 2.24. The van der Waals surface area contributed by atoms with E-state index in [1.807, 2.05) is 24.3 Å². The largest absolute Gasteiger partial charge is 0.477 e. The van der Waals surface area contributed by atoms with Gasteiger partial charge in [-0.1, -0.05) is 18.2 Å². The van der Waals surface area contributed by atoms with E-state index in [-0.39, 0.29) is 0 Å². The molecule has 0 amide bonds. The van der Waals surface area contributed by atoms with E-state index in [9.17, 15) is 9.90 Å². The van der Waals surface area contributed by atoms with Gasteiger partial charge in [0.25, 0.3) is 0 Å². The highest BCUT2D eigenvalue weighted by atomic mass is 32.1. The van der Waals surface area contributed by atoms with Crippen LogP contribution in [0, 0.1) is 0 Å². The maximum absolute atomic E-state index is 11.5. The summed E-state index contributed by atoms with van der Waals surface area (Å²) in [4.78, 5) is 14.2. The molecule has 1 N–H and O–H groups in total. The highest BCUT2D eigenvalue weighted by molar-refractivity contribution is 7.21. The predicted molar refractivity (Wildman–Crippen MR) is 79.5 cm³/mol. The van der Waals surface area contributed by atoms with E-state index in [1.54, 1.807) is 0 Å². The van der Waals surface area contributed by atoms with Crippen LogP contribution in [-0.4, -0.2) is 41.8 Å². The van der Waals surface area contributed by atoms with E-state index in [0.717, 1.165) is 28.8 Å². The number of aromatic carboxylic acids is 1. The monoisotopic (exact) mass is 291 g/mol. The zero-order valence-corrected chi connectivity index (χ0v) is 12.2. The van der Waals surface area contributed by atoms with Crippen LogP contribution in [-0.2, 0) is 11.3 Å². The molecule has 2 aromatic rings. The van der Waals surface area contributed by atoms with Crippen LogP contribution in [0.4, 0.5) is 0 Å². The maximum Gasteiger partial charge on any atom is 0.346 e. The summed E-state index contributed by atoms with van der Waals surface area (Å²) < 4.78 is 6.48. The van der Waals surface area contributed by atoms with Crippen molar-refractivity contribution in [3.63, 3.8) is 0 Å². The summed E-state index contributed by atoms with van der Waals surface area (Å²) in [7, 11) is 0. The number of hydrogen-bond acceptors (Lipinski definition) is 4. The summed E-state index contributed by atoms with van der Waals surface area (Å²) in [6.07, 6.45) is 0. The molecule has 1 fully saturated rings. The molecule has 4 nitrogen and oxygen atoms in total. The van der Waals surface area contributed by atoms with Crippen molar-refractivity contribution in [2.75, 3.05) is 19.8 Å². The molecule has 1 atom stereocenters. The molecule has 0 spiro atoms. The first-order valence-corrected chi connectivity index (χ1v) is 7.54. The second-order valence-electron chi connectivity index (χ2n) is 5.11. The molecule has 0 radical (unpaired) electrons. The van der Waals surface area contributed by atoms with Gasteiger partial charge in [0.1, 0.15) is 4.88 Å². The Morgan fingerprint density at radius 1 is 1.50 bits per heavy atom. The number of thiophene rings is 1. The standard InChI is InChI=1S/C15H17NO3S/c1-10-9-19-7-6-16(10)8-12-11-4-2-3-5-13(11)20-14(12)15(17)18/h2-5,10H,6-9H2,1H3,(H,17,18). The molecule has 1 aliphatic rings. The Kier molecular flexibility index (Phi) is 3.74. The Hall–Kier alpha value is -1.43. The summed E-state index contributed by atoms with van der Waals surface area (Å²) in [6, 6.07) is 8.24. The summed E-state index contributed by atoms with van der Waals surface area (Å²) in [5, 5.41) is 10.5. The highest BCUT2D eigenvalue weighted by Crippen LogP contribution is 2.32. The van der Waals surface area contributed by atoms with Crippen molar-refractivity contribution in [1.29, 1.82) is 0 Å². The van der Waals surface area contributed by atoms with Gasteiger partial charge in [-0.25, -0.2) is 4.79 Å². The van der Waals surface area contributed by atoms with E-state index < -0.39 is 5.97 Å². The molecule has 1 saturated heterocycles. The Bertz CT molecular complexity index is 637. The number of carboxylic acid groups (broad SMARTS) is 1. The minimum absolute atomic E-state index is 0.323. The molecule has 1 aromatic heterocycles. The molecule has 1 unspecified atom stereocenters. The number of rotatable bonds is 3. The van der Waals surface area contributed by atoms with E-state index in [4.69, 9.17) is 4.74 Å². The Morgan fingerprint density at radius 2 is 2.30 bits per heavy atom. The molecule has 5 heteroatoms. The van der Waals surface area contributed by atoms with Crippen LogP contribution in [0.15, 0.2) is 24.3 Å². The zero-order chi connectivity index (χ0) is 14.1. The average molecular weight is 291 g/mol. The fourth-order valence-electron chi connectivity index (χ4n) is 2.63. The van der Waals surface area contributed by atoms with Gasteiger partial charge >= 0.3 is 5.97 Å². The lowest BCUT2D eigenvalue weighted by atomic mass is 10.1. The van der Waals surface area contributed by atoms with Gasteiger partial charge in [0.05, 0.1) is 13.2 Å². The Labute approximate surface area is 121 Å². The van der Waals surface area contributed by atoms with Gasteiger partial charge < -0.3 is 9.84 Å². The number of carboxylic acids is 1. The Morgan fingerprint density at radius 3 is 3.05 bits per heavy atom. The molecule has 0 saturated carbocycles. The van der Waals surface area contributed by atoms with Crippen molar-refractivity contribution < 1.29 is 14.6 Å². The molecular weight excluding hydrogens is 274 g/mol. The molecule has 1 aromatic carbocycles. The number of morpholine rings is 1. The summed E-state index contributed by atoms with van der Waals surface area (Å²) in [6.45, 7) is 5.08. The fraction of sp³-hybridized carbons (Fsp3) is 0.400. The second-order valence-corrected chi connectivity index (χ2v) is 6.16. The first-order valence-electron chi connectivity index (χ1n) is 6.72. The number of nitrogens with zero attached hydrogens (tertiary/aromatic N) is 1. The topological polar surface area (TPSA) is 49.8 Å². The number of ether oxygens (including phenoxy) is 1. The van der Waals surface area contributed by atoms with Crippen molar-refractivity contribution in [3.05, 3.63) is 34.7 Å². The van der Waals surface area contributed by atoms with Crippen LogP contribution in [0.25, 0.3) is 10.1 Å². The number of fused-ring (bicyclic) bond motifs is 1. The minimum Gasteiger partial charge on any atom is -0.477 e. The third-order valence-corrected chi connectivity index (χ3v) is 4.96. The summed E-state index contributed by atoms with van der Waals surface area (Å²) >= 11 is 1.36. The Balaban J connectivity index is 2.00. The molecule has 0 bridgehead atoms. The fourth-order valence-corrected chi connectivity index (χ4v) is 3.68. The van der Waals surface area contributed by atoms with E-state index in [2.05, 4.69) is 11.8 Å². The van der Waals surface area contributed by atoms with Crippen LogP contribution in [0.3, 0.4) is 0 Å². The average Bonchev–Trinajstić information content (AvgIpc) is 2.81. The van der Waals surface area contributed by atoms with Gasteiger partial charge in [-0.15, -0.1) is 11.3 Å². The molecule has 2 heterocycles. The van der Waals surface area contributed by atoms with E-state index in [0.29, 0.717) is 24.1 Å². The van der Waals surface area contributed by atoms with E-state index in [1.165, 1.54) is 11.3 Å². The van der Waals surface area contributed by atoms with Crippen LogP contribution in [0.5, 0.6) is 0 Å². The lowest BCUT2D eigenvalue weighted by Gasteiger charge is -2.33. The lowest BCUT2D eigenvalue weighted by molar-refractivity contribution is -0.00426. The van der Waals surface area contributed by atoms with Gasteiger partial charge in [-0.3, -0.25) is 4.90 Å². The van der Waals surface area contributed by atoms with Crippen LogP contribution < -0.4 is 0 Å². The minimum atomic E-state index is -0.831. The molecule has 3 rings (SSSR count). The van der Waals surface area contributed by atoms with E-state index >= 15 is 0 Å². The molecule has 106 valence electrons. The number of carbonyl (C=O) groups is 1. The smallest absolute Gasteiger partial charge is 0.346 e. The zero-order valence-electron chi connectivity index (χ0n) is 11.3. The number of hydrogen-bond donors (Lipinski definition) is 1. The third-order valence-electron chi connectivity index (χ3n) is 3.76. The van der Waals surface area contributed by atoms with Crippen LogP contribution in [0.2, 0.25) is 0 Å². The summed E-state index contributed by atoms with van der Waals surface area (Å²) in [5.74, 6) is -0.831. The summed E-state index contributed by atoms with van der Waals surface area (Å²) in [5.41, 5.74) is 0.937. The normalized spacial score (nSPS) is 20.4. The van der Waals surface area contributed by atoms with Gasteiger partial charge in [0.2, 0.25) is 0 Å². The maximum atomic E-state index is 11.5. The van der Waals surface area contributed by atoms with Gasteiger partial charge in [0, 0.05) is 23.8 Å². The van der Waals surface area contributed by atoms with Crippen LogP contribution in [0.1, 0.15) is 22.2 Å². The molecule has 0 aliphatic carbocycles. The van der Waals surface area contributed by atoms with Crippen molar-refractivity contribution in [3.8, 4) is 0 Å². The third kappa shape index (κ3) is 2.44. The lowest BCUT2D eigenvalue weighted by Crippen LogP contribution is -2.43. The van der Waals surface area contributed by atoms with Gasteiger partial charge in [-0.2, -0.15) is 0 Å². The van der Waals surface area contributed by atoms with Crippen LogP contribution >= 0.6 is 11.3 Å². The molecule has 1 aliphatic heterocycles. The SMILES string of the molecule is CC1COCCN1Cc1c(C(=O)O)sc2ccccc12. The predicted octanol–water partition coefficient (Wildman–Crippen LogP) is 2.82. The first kappa shape index (κ1) is 13.5. The van der Waals surface area contributed by atoms with Crippen molar-refractivity contribution in [1.82, 2.24) is 4.90 Å². The second kappa shape index (κ2) is 5.52. The quantitative estimate of drug-likeness (QED) is 0.944. The van der Waals surface area contributed by atoms with Crippen molar-refractivity contribution in [2.45, 2.75) is 19.5 Å². The van der Waals surface area contributed by atoms with Gasteiger partial charge in [-0.05, 0) is 23.9 Å². The van der Waals surface area contributed by atoms with Crippen molar-refractivity contribution >= 4 is 27.4 Å². The first-order chi connectivity index (χ1) is 9.66. The van der Waals surface area contributed by atoms with Crippen molar-refractivity contribution in [2.24, 2.45) is 0 Å².